The van der Waals surface area contributed by atoms with Gasteiger partial charge in [0.05, 0.1) is 11.4 Å². The Balaban J connectivity index is 2.21. The number of carbonyl (C=O) groups is 1. The van der Waals surface area contributed by atoms with Crippen LogP contribution >= 0.6 is 0 Å². The van der Waals surface area contributed by atoms with Crippen molar-refractivity contribution >= 4 is 11.6 Å². The molecule has 1 saturated carbocycles. The number of aryl methyl sites for hydroxylation is 2. The summed E-state index contributed by atoms with van der Waals surface area (Å²) in [5.74, 6) is -0.000833. The first kappa shape index (κ1) is 13.9. The molecular formula is C14H24N4O. The minimum Gasteiger partial charge on any atom is -0.395 e. The molecule has 0 aromatic carbocycles. The summed E-state index contributed by atoms with van der Waals surface area (Å²) >= 11 is 0. The van der Waals surface area contributed by atoms with E-state index in [2.05, 4.69) is 5.10 Å². The summed E-state index contributed by atoms with van der Waals surface area (Å²) in [6.45, 7) is 2.00. The third kappa shape index (κ3) is 2.60. The predicted molar refractivity (Wildman–Crippen MR) is 76.0 cm³/mol. The van der Waals surface area contributed by atoms with Gasteiger partial charge in [-0.05, 0) is 19.3 Å². The molecule has 1 aromatic heterocycles. The van der Waals surface area contributed by atoms with E-state index in [-0.39, 0.29) is 5.91 Å². The molecule has 1 fully saturated rings. The fourth-order valence-corrected chi connectivity index (χ4v) is 2.91. The van der Waals surface area contributed by atoms with Gasteiger partial charge in [0.2, 0.25) is 0 Å². The number of rotatable bonds is 3. The zero-order chi connectivity index (χ0) is 14.0. The summed E-state index contributed by atoms with van der Waals surface area (Å²) < 4.78 is 1.62. The van der Waals surface area contributed by atoms with Crippen LogP contribution in [-0.2, 0) is 13.5 Å². The zero-order valence-electron chi connectivity index (χ0n) is 12.1. The standard InChI is InChI=1S/C14H24N4O/c1-4-11-12(15)13(18(3)16-11)14(19)17(2)10-8-6-5-7-9-10/h10H,4-9,15H2,1-3H3. The van der Waals surface area contributed by atoms with Gasteiger partial charge >= 0.3 is 0 Å². The summed E-state index contributed by atoms with van der Waals surface area (Å²) in [6.07, 6.45) is 6.65. The van der Waals surface area contributed by atoms with E-state index in [1.807, 2.05) is 18.9 Å². The van der Waals surface area contributed by atoms with Crippen LogP contribution in [0.1, 0.15) is 55.2 Å². The molecule has 0 radical (unpaired) electrons. The second-order valence-electron chi connectivity index (χ2n) is 5.39. The molecule has 19 heavy (non-hydrogen) atoms. The van der Waals surface area contributed by atoms with E-state index in [1.165, 1.54) is 19.3 Å². The highest BCUT2D eigenvalue weighted by molar-refractivity contribution is 5.98. The molecule has 1 aromatic rings. The average Bonchev–Trinajstić information content (AvgIpc) is 2.72. The van der Waals surface area contributed by atoms with E-state index >= 15 is 0 Å². The molecule has 106 valence electrons. The third-order valence-corrected chi connectivity index (χ3v) is 4.14. The number of carbonyl (C=O) groups excluding carboxylic acids is 1. The molecule has 2 rings (SSSR count). The summed E-state index contributed by atoms with van der Waals surface area (Å²) in [5, 5.41) is 4.32. The number of nitrogen functional groups attached to an aromatic ring is 1. The second kappa shape index (κ2) is 5.63. The first-order chi connectivity index (χ1) is 9.06. The number of amides is 1. The Bertz CT molecular complexity index is 460. The van der Waals surface area contributed by atoms with Crippen LogP contribution in [0.3, 0.4) is 0 Å². The SMILES string of the molecule is CCc1nn(C)c(C(=O)N(C)C2CCCCC2)c1N. The molecule has 1 aliphatic carbocycles. The molecule has 2 N–H and O–H groups in total. The van der Waals surface area contributed by atoms with Crippen molar-refractivity contribution in [3.63, 3.8) is 0 Å². The van der Waals surface area contributed by atoms with E-state index < -0.39 is 0 Å². The first-order valence-electron chi connectivity index (χ1n) is 7.14. The summed E-state index contributed by atoms with van der Waals surface area (Å²) in [5.41, 5.74) is 7.93. The quantitative estimate of drug-likeness (QED) is 0.907. The van der Waals surface area contributed by atoms with Gasteiger partial charge in [0, 0.05) is 20.1 Å². The number of anilines is 1. The van der Waals surface area contributed by atoms with Crippen LogP contribution in [0.25, 0.3) is 0 Å². The lowest BCUT2D eigenvalue weighted by Crippen LogP contribution is -2.39. The smallest absolute Gasteiger partial charge is 0.274 e. The molecule has 0 saturated heterocycles. The van der Waals surface area contributed by atoms with Gasteiger partial charge in [0.1, 0.15) is 5.69 Å². The topological polar surface area (TPSA) is 64.2 Å². The van der Waals surface area contributed by atoms with Crippen molar-refractivity contribution < 1.29 is 4.79 Å². The van der Waals surface area contributed by atoms with Gasteiger partial charge in [-0.15, -0.1) is 0 Å². The number of aromatic nitrogens is 2. The van der Waals surface area contributed by atoms with Gasteiger partial charge in [0.15, 0.2) is 0 Å². The van der Waals surface area contributed by atoms with E-state index in [0.717, 1.165) is 25.0 Å². The zero-order valence-corrected chi connectivity index (χ0v) is 12.1. The Labute approximate surface area is 114 Å². The van der Waals surface area contributed by atoms with E-state index in [0.29, 0.717) is 17.4 Å². The maximum atomic E-state index is 12.6. The number of hydrogen-bond acceptors (Lipinski definition) is 3. The molecular weight excluding hydrogens is 240 g/mol. The van der Waals surface area contributed by atoms with Gasteiger partial charge in [-0.3, -0.25) is 9.48 Å². The Kier molecular flexibility index (Phi) is 4.12. The number of nitrogens with two attached hydrogens (primary N) is 1. The van der Waals surface area contributed by atoms with Crippen molar-refractivity contribution in [1.29, 1.82) is 0 Å². The molecule has 0 unspecified atom stereocenters. The molecule has 1 amide bonds. The van der Waals surface area contributed by atoms with Crippen LogP contribution in [0, 0.1) is 0 Å². The highest BCUT2D eigenvalue weighted by atomic mass is 16.2. The van der Waals surface area contributed by atoms with Gasteiger partial charge in [-0.25, -0.2) is 0 Å². The fourth-order valence-electron chi connectivity index (χ4n) is 2.91. The van der Waals surface area contributed by atoms with Gasteiger partial charge < -0.3 is 10.6 Å². The van der Waals surface area contributed by atoms with Crippen LogP contribution in [-0.4, -0.2) is 33.7 Å². The van der Waals surface area contributed by atoms with Crippen molar-refractivity contribution in [2.24, 2.45) is 7.05 Å². The Hall–Kier alpha value is -1.52. The number of hydrogen-bond donors (Lipinski definition) is 1. The lowest BCUT2D eigenvalue weighted by molar-refractivity contribution is 0.0686. The second-order valence-corrected chi connectivity index (χ2v) is 5.39. The monoisotopic (exact) mass is 264 g/mol. The maximum absolute atomic E-state index is 12.6. The molecule has 1 aliphatic rings. The molecule has 1 heterocycles. The van der Waals surface area contributed by atoms with Gasteiger partial charge in [0.25, 0.3) is 5.91 Å². The Morgan fingerprint density at radius 1 is 1.42 bits per heavy atom. The van der Waals surface area contributed by atoms with Crippen molar-refractivity contribution in [1.82, 2.24) is 14.7 Å². The summed E-state index contributed by atoms with van der Waals surface area (Å²) in [7, 11) is 3.67. The van der Waals surface area contributed by atoms with Crippen molar-refractivity contribution in [2.75, 3.05) is 12.8 Å². The van der Waals surface area contributed by atoms with Crippen molar-refractivity contribution in [2.45, 2.75) is 51.5 Å². The largest absolute Gasteiger partial charge is 0.395 e. The van der Waals surface area contributed by atoms with Gasteiger partial charge in [-0.2, -0.15) is 5.10 Å². The summed E-state index contributed by atoms with van der Waals surface area (Å²) in [4.78, 5) is 14.5. The maximum Gasteiger partial charge on any atom is 0.274 e. The first-order valence-corrected chi connectivity index (χ1v) is 7.14. The lowest BCUT2D eigenvalue weighted by atomic mass is 9.94. The predicted octanol–water partition coefficient (Wildman–Crippen LogP) is 1.97. The molecule has 0 atom stereocenters. The Morgan fingerprint density at radius 2 is 2.05 bits per heavy atom. The minimum absolute atomic E-state index is 0.000833. The van der Waals surface area contributed by atoms with E-state index in [9.17, 15) is 4.79 Å². The highest BCUT2D eigenvalue weighted by Crippen LogP contribution is 2.25. The van der Waals surface area contributed by atoms with Crippen LogP contribution in [0.5, 0.6) is 0 Å². The van der Waals surface area contributed by atoms with Crippen LogP contribution in [0.15, 0.2) is 0 Å². The van der Waals surface area contributed by atoms with Crippen molar-refractivity contribution in [3.05, 3.63) is 11.4 Å². The van der Waals surface area contributed by atoms with E-state index in [4.69, 9.17) is 5.73 Å². The molecule has 0 bridgehead atoms. The minimum atomic E-state index is -0.000833. The van der Waals surface area contributed by atoms with Crippen molar-refractivity contribution in [3.8, 4) is 0 Å². The van der Waals surface area contributed by atoms with Gasteiger partial charge in [-0.1, -0.05) is 26.2 Å². The normalized spacial score (nSPS) is 16.6. The number of nitrogens with zero attached hydrogens (tertiary/aromatic N) is 3. The third-order valence-electron chi connectivity index (χ3n) is 4.14. The van der Waals surface area contributed by atoms with Crippen LogP contribution < -0.4 is 5.73 Å². The molecule has 5 nitrogen and oxygen atoms in total. The lowest BCUT2D eigenvalue weighted by Gasteiger charge is -2.31. The Morgan fingerprint density at radius 3 is 2.58 bits per heavy atom. The highest BCUT2D eigenvalue weighted by Gasteiger charge is 2.27. The molecule has 0 spiro atoms. The summed E-state index contributed by atoms with van der Waals surface area (Å²) in [6, 6.07) is 0.348. The van der Waals surface area contributed by atoms with E-state index in [1.54, 1.807) is 11.7 Å². The fraction of sp³-hybridized carbons (Fsp3) is 0.714. The average molecular weight is 264 g/mol. The molecule has 5 heteroatoms. The van der Waals surface area contributed by atoms with Crippen LogP contribution in [0.4, 0.5) is 5.69 Å². The molecule has 0 aliphatic heterocycles. The van der Waals surface area contributed by atoms with Crippen LogP contribution in [0.2, 0.25) is 0 Å².